The summed E-state index contributed by atoms with van der Waals surface area (Å²) in [5, 5.41) is -0.240. The topological polar surface area (TPSA) is 63.7 Å². The predicted molar refractivity (Wildman–Crippen MR) is 97.1 cm³/mol. The van der Waals surface area contributed by atoms with E-state index in [-0.39, 0.29) is 24.5 Å². The Morgan fingerprint density at radius 3 is 2.36 bits per heavy atom. The zero-order valence-corrected chi connectivity index (χ0v) is 16.3. The van der Waals surface area contributed by atoms with Gasteiger partial charge in [-0.05, 0) is 23.8 Å². The summed E-state index contributed by atoms with van der Waals surface area (Å²) in [6.07, 6.45) is -5.23. The first kappa shape index (κ1) is 22.2. The normalized spacial score (nSPS) is 12.2. The molecule has 28 heavy (non-hydrogen) atoms. The van der Waals surface area contributed by atoms with Crippen LogP contribution in [0.4, 0.5) is 13.2 Å². The molecule has 0 heterocycles. The predicted octanol–water partition coefficient (Wildman–Crippen LogP) is 4.11. The smallest absolute Gasteiger partial charge is 0.417 e. The fraction of sp³-hybridized carbons (Fsp3) is 0.278. The summed E-state index contributed by atoms with van der Waals surface area (Å²) < 4.78 is 71.6. The maximum Gasteiger partial charge on any atom is 0.417 e. The van der Waals surface area contributed by atoms with Crippen molar-refractivity contribution in [1.82, 2.24) is 4.31 Å². The van der Waals surface area contributed by atoms with Crippen LogP contribution in [0.15, 0.2) is 53.4 Å². The largest absolute Gasteiger partial charge is 0.469 e. The van der Waals surface area contributed by atoms with Crippen LogP contribution in [0.1, 0.15) is 17.5 Å². The molecule has 0 saturated carbocycles. The monoisotopic (exact) mass is 435 g/mol. The molecule has 2 aromatic rings. The number of hydrogen-bond acceptors (Lipinski definition) is 4. The number of methoxy groups -OCH3 is 1. The molecule has 152 valence electrons. The van der Waals surface area contributed by atoms with Crippen molar-refractivity contribution in [1.29, 1.82) is 0 Å². The first-order valence-corrected chi connectivity index (χ1v) is 9.85. The number of benzene rings is 2. The third kappa shape index (κ3) is 5.46. The van der Waals surface area contributed by atoms with Gasteiger partial charge < -0.3 is 4.74 Å². The molecule has 0 aliphatic carbocycles. The van der Waals surface area contributed by atoms with Crippen LogP contribution in [0, 0.1) is 0 Å². The van der Waals surface area contributed by atoms with E-state index in [0.29, 0.717) is 11.6 Å². The van der Waals surface area contributed by atoms with Gasteiger partial charge in [-0.25, -0.2) is 8.42 Å². The minimum absolute atomic E-state index is 0.208. The third-order valence-corrected chi connectivity index (χ3v) is 6.00. The van der Waals surface area contributed by atoms with E-state index in [1.807, 2.05) is 0 Å². The van der Waals surface area contributed by atoms with Crippen molar-refractivity contribution in [2.45, 2.75) is 24.0 Å². The van der Waals surface area contributed by atoms with Crippen LogP contribution in [0.25, 0.3) is 0 Å². The summed E-state index contributed by atoms with van der Waals surface area (Å²) in [6.45, 7) is -0.552. The van der Waals surface area contributed by atoms with Gasteiger partial charge in [0, 0.05) is 18.1 Å². The van der Waals surface area contributed by atoms with E-state index in [0.717, 1.165) is 23.5 Å². The average molecular weight is 436 g/mol. The Hall–Kier alpha value is -2.10. The third-order valence-electron chi connectivity index (χ3n) is 3.86. The maximum absolute atomic E-state index is 13.4. The van der Waals surface area contributed by atoms with E-state index >= 15 is 0 Å². The number of carbonyl (C=O) groups excluding carboxylic acids is 1. The van der Waals surface area contributed by atoms with Crippen molar-refractivity contribution >= 4 is 27.6 Å². The zero-order chi connectivity index (χ0) is 20.9. The summed E-state index contributed by atoms with van der Waals surface area (Å²) in [4.78, 5) is 10.5. The van der Waals surface area contributed by atoms with Crippen molar-refractivity contribution < 1.29 is 31.1 Å². The molecule has 0 aromatic heterocycles. The Kier molecular flexibility index (Phi) is 7.08. The Morgan fingerprint density at radius 2 is 1.79 bits per heavy atom. The molecular weight excluding hydrogens is 419 g/mol. The molecule has 0 unspecified atom stereocenters. The van der Waals surface area contributed by atoms with Crippen LogP contribution in [0.2, 0.25) is 5.02 Å². The Balaban J connectivity index is 2.50. The highest BCUT2D eigenvalue weighted by atomic mass is 35.5. The van der Waals surface area contributed by atoms with Crippen LogP contribution in [-0.2, 0) is 32.3 Å². The lowest BCUT2D eigenvalue weighted by atomic mass is 10.2. The second-order valence-corrected chi connectivity index (χ2v) is 8.13. The van der Waals surface area contributed by atoms with Crippen LogP contribution in [-0.4, -0.2) is 32.3 Å². The fourth-order valence-corrected chi connectivity index (χ4v) is 4.27. The quantitative estimate of drug-likeness (QED) is 0.614. The van der Waals surface area contributed by atoms with E-state index < -0.39 is 32.6 Å². The van der Waals surface area contributed by atoms with Gasteiger partial charge in [-0.2, -0.15) is 17.5 Å². The molecule has 0 atom stereocenters. The van der Waals surface area contributed by atoms with Gasteiger partial charge in [0.05, 0.1) is 24.0 Å². The maximum atomic E-state index is 13.4. The van der Waals surface area contributed by atoms with Gasteiger partial charge in [0.2, 0.25) is 10.0 Å². The van der Waals surface area contributed by atoms with Crippen molar-refractivity contribution in [2.75, 3.05) is 13.7 Å². The molecule has 0 amide bonds. The molecule has 0 saturated heterocycles. The van der Waals surface area contributed by atoms with Gasteiger partial charge >= 0.3 is 12.1 Å². The molecule has 0 bridgehead atoms. The lowest BCUT2D eigenvalue weighted by molar-refractivity contribution is -0.141. The number of esters is 1. The van der Waals surface area contributed by atoms with Gasteiger partial charge in [-0.3, -0.25) is 4.79 Å². The van der Waals surface area contributed by atoms with Crippen LogP contribution >= 0.6 is 11.6 Å². The number of nitrogens with zero attached hydrogens (tertiary/aromatic N) is 1. The van der Waals surface area contributed by atoms with Crippen LogP contribution in [0.3, 0.4) is 0 Å². The highest BCUT2D eigenvalue weighted by molar-refractivity contribution is 7.89. The number of alkyl halides is 3. The zero-order valence-electron chi connectivity index (χ0n) is 14.7. The first-order valence-electron chi connectivity index (χ1n) is 8.03. The van der Waals surface area contributed by atoms with Crippen molar-refractivity contribution in [3.05, 3.63) is 64.7 Å². The van der Waals surface area contributed by atoms with Crippen molar-refractivity contribution in [2.24, 2.45) is 0 Å². The van der Waals surface area contributed by atoms with Gasteiger partial charge in [0.25, 0.3) is 0 Å². The number of halogens is 4. The van der Waals surface area contributed by atoms with Crippen LogP contribution in [0.5, 0.6) is 0 Å². The molecule has 0 fully saturated rings. The number of sulfonamides is 1. The van der Waals surface area contributed by atoms with E-state index in [2.05, 4.69) is 4.74 Å². The highest BCUT2D eigenvalue weighted by Gasteiger charge is 2.39. The SMILES string of the molecule is COC(=O)CCN(Cc1ccccc1)S(=O)(=O)c1ccc(Cl)cc1C(F)(F)F. The second-order valence-electron chi connectivity index (χ2n) is 5.79. The molecule has 0 spiro atoms. The fourth-order valence-electron chi connectivity index (χ4n) is 2.48. The summed E-state index contributed by atoms with van der Waals surface area (Å²) in [6, 6.07) is 10.8. The number of hydrogen-bond donors (Lipinski definition) is 0. The second kappa shape index (κ2) is 8.93. The van der Waals surface area contributed by atoms with E-state index in [9.17, 15) is 26.4 Å². The molecule has 2 rings (SSSR count). The lowest BCUT2D eigenvalue weighted by Gasteiger charge is -2.24. The molecular formula is C18H17ClF3NO4S. The van der Waals surface area contributed by atoms with E-state index in [1.54, 1.807) is 30.3 Å². The Morgan fingerprint density at radius 1 is 1.14 bits per heavy atom. The molecule has 0 aliphatic heterocycles. The number of carbonyl (C=O) groups is 1. The lowest BCUT2D eigenvalue weighted by Crippen LogP contribution is -2.34. The standard InChI is InChI=1S/C18H17ClF3NO4S/c1-27-17(24)9-10-23(12-13-5-3-2-4-6-13)28(25,26)16-8-7-14(19)11-15(16)18(20,21)22/h2-8,11H,9-10,12H2,1H3. The average Bonchev–Trinajstić information content (AvgIpc) is 2.64. The Bertz CT molecular complexity index is 934. The van der Waals surface area contributed by atoms with Gasteiger partial charge in [-0.15, -0.1) is 0 Å². The van der Waals surface area contributed by atoms with Gasteiger partial charge in [-0.1, -0.05) is 41.9 Å². The first-order chi connectivity index (χ1) is 13.1. The molecule has 0 aliphatic rings. The van der Waals surface area contributed by atoms with Crippen LogP contribution < -0.4 is 0 Å². The summed E-state index contributed by atoms with van der Waals surface area (Å²) in [7, 11) is -3.45. The molecule has 0 N–H and O–H groups in total. The minimum atomic E-state index is -4.92. The summed E-state index contributed by atoms with van der Waals surface area (Å²) in [5.41, 5.74) is -0.811. The molecule has 2 aromatic carbocycles. The van der Waals surface area contributed by atoms with E-state index in [4.69, 9.17) is 11.6 Å². The van der Waals surface area contributed by atoms with Crippen molar-refractivity contribution in [3.63, 3.8) is 0 Å². The Labute approximate surface area is 165 Å². The molecule has 10 heteroatoms. The number of ether oxygens (including phenoxy) is 1. The van der Waals surface area contributed by atoms with Gasteiger partial charge in [0.1, 0.15) is 0 Å². The number of rotatable bonds is 7. The minimum Gasteiger partial charge on any atom is -0.469 e. The van der Waals surface area contributed by atoms with E-state index in [1.165, 1.54) is 0 Å². The van der Waals surface area contributed by atoms with Crippen molar-refractivity contribution in [3.8, 4) is 0 Å². The molecule has 5 nitrogen and oxygen atoms in total. The van der Waals surface area contributed by atoms with Gasteiger partial charge in [0.15, 0.2) is 0 Å². The summed E-state index contributed by atoms with van der Waals surface area (Å²) in [5.74, 6) is -0.680. The highest BCUT2D eigenvalue weighted by Crippen LogP contribution is 2.37. The molecule has 0 radical (unpaired) electrons. The summed E-state index contributed by atoms with van der Waals surface area (Å²) >= 11 is 5.63.